The van der Waals surface area contributed by atoms with Gasteiger partial charge in [0.2, 0.25) is 0 Å². The molecule has 5 rings (SSSR count). The van der Waals surface area contributed by atoms with Gasteiger partial charge in [-0.25, -0.2) is 14.2 Å². The predicted molar refractivity (Wildman–Crippen MR) is 107 cm³/mol. The van der Waals surface area contributed by atoms with Crippen LogP contribution in [0.25, 0.3) is 22.0 Å². The maximum Gasteiger partial charge on any atom is 0.350 e. The van der Waals surface area contributed by atoms with Gasteiger partial charge in [-0.05, 0) is 25.6 Å². The van der Waals surface area contributed by atoms with E-state index in [9.17, 15) is 14.3 Å². The molecule has 2 aromatic heterocycles. The number of aromatic nitrogens is 5. The summed E-state index contributed by atoms with van der Waals surface area (Å²) in [6, 6.07) is 4.71. The van der Waals surface area contributed by atoms with Crippen LogP contribution in [0.15, 0.2) is 29.3 Å². The second-order valence-corrected chi connectivity index (χ2v) is 8.65. The Kier molecular flexibility index (Phi) is 4.51. The van der Waals surface area contributed by atoms with Crippen molar-refractivity contribution in [1.82, 2.24) is 29.6 Å². The number of hydrogen-bond donors (Lipinski definition) is 1. The molecule has 1 N–H and O–H groups in total. The van der Waals surface area contributed by atoms with E-state index in [-0.39, 0.29) is 28.7 Å². The summed E-state index contributed by atoms with van der Waals surface area (Å²) < 4.78 is 21.7. The van der Waals surface area contributed by atoms with E-state index in [4.69, 9.17) is 4.74 Å². The minimum absolute atomic E-state index is 0.0515. The maximum atomic E-state index is 14.6. The molecule has 11 heteroatoms. The first-order valence-corrected chi connectivity index (χ1v) is 10.3. The van der Waals surface area contributed by atoms with Crippen LogP contribution < -0.4 is 10.4 Å². The van der Waals surface area contributed by atoms with Gasteiger partial charge < -0.3 is 9.84 Å². The number of phenols is 1. The molecule has 2 bridgehead atoms. The van der Waals surface area contributed by atoms with E-state index in [2.05, 4.69) is 20.2 Å². The number of ether oxygens (including phenoxy) is 1. The van der Waals surface area contributed by atoms with Crippen LogP contribution in [0, 0.1) is 5.92 Å². The second-order valence-electron chi connectivity index (χ2n) is 7.71. The number of rotatable bonds is 4. The Balaban J connectivity index is 1.36. The molecule has 1 aromatic carbocycles. The lowest BCUT2D eigenvalue weighted by molar-refractivity contribution is 0.0246. The smallest absolute Gasteiger partial charge is 0.350 e. The molecule has 156 valence electrons. The van der Waals surface area contributed by atoms with Crippen molar-refractivity contribution in [1.29, 1.82) is 0 Å². The third kappa shape index (κ3) is 3.14. The second kappa shape index (κ2) is 7.10. The first-order chi connectivity index (χ1) is 14.4. The molecule has 0 amide bonds. The van der Waals surface area contributed by atoms with Crippen molar-refractivity contribution in [3.05, 3.63) is 35.0 Å². The predicted octanol–water partition coefficient (Wildman–Crippen LogP) is 1.49. The van der Waals surface area contributed by atoms with Crippen molar-refractivity contribution in [3.8, 4) is 32.9 Å². The molecule has 2 unspecified atom stereocenters. The van der Waals surface area contributed by atoms with Crippen molar-refractivity contribution in [2.45, 2.75) is 24.7 Å². The monoisotopic (exact) mass is 430 g/mol. The quantitative estimate of drug-likeness (QED) is 0.664. The largest absolute Gasteiger partial charge is 0.507 e. The van der Waals surface area contributed by atoms with Crippen LogP contribution in [0.1, 0.15) is 6.42 Å². The molecule has 2 aliphatic rings. The maximum absolute atomic E-state index is 14.6. The van der Waals surface area contributed by atoms with Crippen LogP contribution >= 0.6 is 11.3 Å². The van der Waals surface area contributed by atoms with Crippen molar-refractivity contribution in [3.63, 3.8) is 0 Å². The third-order valence-electron chi connectivity index (χ3n) is 5.77. The number of benzene rings is 1. The van der Waals surface area contributed by atoms with Crippen LogP contribution in [-0.2, 0) is 7.05 Å². The first-order valence-electron chi connectivity index (χ1n) is 9.48. The van der Waals surface area contributed by atoms with E-state index in [1.54, 1.807) is 19.2 Å². The zero-order chi connectivity index (χ0) is 21.0. The number of likely N-dealkylation sites (tertiary alicyclic amines) is 1. The van der Waals surface area contributed by atoms with Gasteiger partial charge in [0, 0.05) is 31.1 Å². The minimum atomic E-state index is -1.05. The number of alkyl halides is 1. The lowest BCUT2D eigenvalue weighted by Crippen LogP contribution is -2.46. The molecule has 3 aromatic rings. The van der Waals surface area contributed by atoms with E-state index < -0.39 is 18.0 Å². The van der Waals surface area contributed by atoms with Crippen LogP contribution in [0.4, 0.5) is 4.39 Å². The highest BCUT2D eigenvalue weighted by Crippen LogP contribution is 2.42. The highest BCUT2D eigenvalue weighted by Gasteiger charge is 2.53. The lowest BCUT2D eigenvalue weighted by atomic mass is 10.1. The van der Waals surface area contributed by atoms with Gasteiger partial charge in [0.25, 0.3) is 5.19 Å². The number of phenolic OH excluding ortho intramolecular Hbond substituents is 1. The fourth-order valence-electron chi connectivity index (χ4n) is 4.18. The zero-order valence-corrected chi connectivity index (χ0v) is 17.1. The van der Waals surface area contributed by atoms with E-state index in [1.165, 1.54) is 17.0 Å². The summed E-state index contributed by atoms with van der Waals surface area (Å²) in [7, 11) is 3.49. The third-order valence-corrected chi connectivity index (χ3v) is 6.61. The summed E-state index contributed by atoms with van der Waals surface area (Å²) in [6.45, 7) is 0.814. The number of halogens is 1. The summed E-state index contributed by atoms with van der Waals surface area (Å²) >= 11 is 1.15. The Hall–Kier alpha value is -2.92. The topological polar surface area (TPSA) is 106 Å². The summed E-state index contributed by atoms with van der Waals surface area (Å²) in [5, 5.41) is 19.3. The van der Waals surface area contributed by atoms with Gasteiger partial charge in [-0.15, -0.1) is 5.10 Å². The van der Waals surface area contributed by atoms with Crippen molar-refractivity contribution >= 4 is 11.3 Å². The highest BCUT2D eigenvalue weighted by molar-refractivity contribution is 7.16. The normalized spacial score (nSPS) is 25.7. The average molecular weight is 430 g/mol. The molecular weight excluding hydrogens is 411 g/mol. The summed E-state index contributed by atoms with van der Waals surface area (Å²) in [5.41, 5.74) is 0.521. The molecular formula is C19H19FN6O3S. The van der Waals surface area contributed by atoms with Crippen molar-refractivity contribution in [2.75, 3.05) is 13.6 Å². The number of piperidine rings is 1. The van der Waals surface area contributed by atoms with Crippen molar-refractivity contribution in [2.24, 2.45) is 13.0 Å². The molecule has 0 radical (unpaired) electrons. The number of fused-ring (bicyclic) bond motifs is 2. The van der Waals surface area contributed by atoms with E-state index >= 15 is 0 Å². The molecule has 1 aliphatic carbocycles. The van der Waals surface area contributed by atoms with Crippen LogP contribution in [0.5, 0.6) is 10.9 Å². The van der Waals surface area contributed by atoms with Crippen LogP contribution in [0.2, 0.25) is 0 Å². The SMILES string of the molecule is CN1CC2CC1[C@H](F)[C@@H]2Oc1nnc(-c2ccc(-c3ncn(C)c(=O)n3)cc2O)s1. The van der Waals surface area contributed by atoms with Gasteiger partial charge in [-0.3, -0.25) is 9.47 Å². The van der Waals surface area contributed by atoms with Gasteiger partial charge in [-0.1, -0.05) is 22.5 Å². The van der Waals surface area contributed by atoms with Crippen molar-refractivity contribution < 1.29 is 14.2 Å². The molecule has 4 atom stereocenters. The Bertz CT molecular complexity index is 1170. The molecule has 1 aliphatic heterocycles. The molecule has 3 heterocycles. The van der Waals surface area contributed by atoms with Gasteiger partial charge in [0.15, 0.2) is 17.0 Å². The number of hydrogen-bond acceptors (Lipinski definition) is 9. The summed E-state index contributed by atoms with van der Waals surface area (Å²) in [5.74, 6) is 0.314. The Morgan fingerprint density at radius 3 is 2.83 bits per heavy atom. The lowest BCUT2D eigenvalue weighted by Gasteiger charge is -2.31. The van der Waals surface area contributed by atoms with E-state index in [0.717, 1.165) is 24.3 Å². The Labute approximate surface area is 174 Å². The Morgan fingerprint density at radius 2 is 2.13 bits per heavy atom. The van der Waals surface area contributed by atoms with Gasteiger partial charge in [0.1, 0.15) is 18.2 Å². The Morgan fingerprint density at radius 1 is 1.30 bits per heavy atom. The fourth-order valence-corrected chi connectivity index (χ4v) is 4.95. The fraction of sp³-hybridized carbons (Fsp3) is 0.421. The van der Waals surface area contributed by atoms with Crippen LogP contribution in [-0.4, -0.2) is 66.6 Å². The molecule has 1 saturated heterocycles. The van der Waals surface area contributed by atoms with E-state index in [1.807, 2.05) is 11.9 Å². The average Bonchev–Trinajstić information content (AvgIpc) is 3.41. The van der Waals surface area contributed by atoms with Gasteiger partial charge in [0.05, 0.1) is 5.56 Å². The first kappa shape index (κ1) is 19.1. The molecule has 2 fully saturated rings. The van der Waals surface area contributed by atoms with E-state index in [0.29, 0.717) is 16.1 Å². The minimum Gasteiger partial charge on any atom is -0.507 e. The molecule has 1 saturated carbocycles. The highest BCUT2D eigenvalue weighted by atomic mass is 32.1. The standard InChI is InChI=1S/C19H19FN6O3S/c1-25-7-10-5-12(25)14(20)15(10)29-19-24-23-17(30-19)11-4-3-9(6-13(11)27)16-21-8-26(2)18(28)22-16/h3-4,6,8,10,12,14-15,27H,5,7H2,1-2H3/t10?,12?,14-,15+/m0/s1. The number of aryl methyl sites for hydroxylation is 1. The zero-order valence-electron chi connectivity index (χ0n) is 16.3. The molecule has 9 nitrogen and oxygen atoms in total. The molecule has 0 spiro atoms. The summed E-state index contributed by atoms with van der Waals surface area (Å²) in [6.07, 6.45) is 0.601. The number of nitrogens with zero attached hydrogens (tertiary/aromatic N) is 6. The summed E-state index contributed by atoms with van der Waals surface area (Å²) in [4.78, 5) is 21.7. The number of aromatic hydroxyl groups is 1. The van der Waals surface area contributed by atoms with Gasteiger partial charge >= 0.3 is 5.69 Å². The molecule has 30 heavy (non-hydrogen) atoms. The van der Waals surface area contributed by atoms with Crippen LogP contribution in [0.3, 0.4) is 0 Å². The van der Waals surface area contributed by atoms with Gasteiger partial charge in [-0.2, -0.15) is 4.98 Å².